The predicted octanol–water partition coefficient (Wildman–Crippen LogP) is 4.21. The van der Waals surface area contributed by atoms with Crippen molar-refractivity contribution in [3.8, 4) is 0 Å². The van der Waals surface area contributed by atoms with Crippen LogP contribution in [0.25, 0.3) is 0 Å². The maximum atomic E-state index is 12.1. The predicted molar refractivity (Wildman–Crippen MR) is 91.8 cm³/mol. The van der Waals surface area contributed by atoms with Gasteiger partial charge in [0.1, 0.15) is 0 Å². The van der Waals surface area contributed by atoms with E-state index in [4.69, 9.17) is 0 Å². The molecule has 0 bridgehead atoms. The zero-order valence-electron chi connectivity index (χ0n) is 14.5. The molecule has 0 aromatic rings. The number of ketones is 1. The van der Waals surface area contributed by atoms with Crippen LogP contribution >= 0.6 is 0 Å². The number of hydrogen-bond acceptors (Lipinski definition) is 2. The molecule has 4 aliphatic carbocycles. The van der Waals surface area contributed by atoms with Gasteiger partial charge in [-0.1, -0.05) is 43.7 Å². The second kappa shape index (κ2) is 4.92. The number of Topliss-reactive ketones (excluding diaryl/α,β-unsaturated/α-hetero) is 1. The molecular formula is C21H28O2. The molecule has 0 aromatic carbocycles. The highest BCUT2D eigenvalue weighted by Gasteiger charge is 2.58. The smallest absolute Gasteiger partial charge is 0.156 e. The summed E-state index contributed by atoms with van der Waals surface area (Å²) in [6.45, 7) is 6.20. The van der Waals surface area contributed by atoms with Crippen LogP contribution in [0.3, 0.4) is 0 Å². The molecule has 6 atom stereocenters. The van der Waals surface area contributed by atoms with E-state index < -0.39 is 6.10 Å². The molecule has 4 rings (SSSR count). The van der Waals surface area contributed by atoms with Crippen molar-refractivity contribution < 1.29 is 9.90 Å². The minimum atomic E-state index is -0.409. The Kier molecular flexibility index (Phi) is 3.29. The van der Waals surface area contributed by atoms with Gasteiger partial charge in [-0.05, 0) is 67.8 Å². The Morgan fingerprint density at radius 1 is 1.22 bits per heavy atom. The Hall–Kier alpha value is -1.15. The molecule has 0 saturated heterocycles. The van der Waals surface area contributed by atoms with Crippen molar-refractivity contribution in [2.24, 2.45) is 28.6 Å². The summed E-state index contributed by atoms with van der Waals surface area (Å²) in [5.41, 5.74) is 2.31. The summed E-state index contributed by atoms with van der Waals surface area (Å²) in [4.78, 5) is 12.1. The number of fused-ring (bicyclic) bond motifs is 5. The Bertz CT molecular complexity index is 640. The lowest BCUT2D eigenvalue weighted by atomic mass is 9.48. The molecule has 2 heteroatoms. The highest BCUT2D eigenvalue weighted by molar-refractivity contribution is 5.95. The quantitative estimate of drug-likeness (QED) is 0.736. The summed E-state index contributed by atoms with van der Waals surface area (Å²) in [6, 6.07) is 0. The highest BCUT2D eigenvalue weighted by Crippen LogP contribution is 2.63. The van der Waals surface area contributed by atoms with E-state index in [0.717, 1.165) is 31.3 Å². The fraction of sp³-hybridized carbons (Fsp3) is 0.667. The molecule has 1 N–H and O–H groups in total. The van der Waals surface area contributed by atoms with E-state index in [1.54, 1.807) is 12.5 Å². The molecule has 0 aliphatic heterocycles. The largest absolute Gasteiger partial charge is 0.392 e. The number of hydrogen-bond donors (Lipinski definition) is 1. The van der Waals surface area contributed by atoms with Crippen LogP contribution in [0.1, 0.15) is 52.9 Å². The van der Waals surface area contributed by atoms with Crippen molar-refractivity contribution in [3.63, 3.8) is 0 Å². The third-order valence-electron chi connectivity index (χ3n) is 7.67. The molecule has 23 heavy (non-hydrogen) atoms. The topological polar surface area (TPSA) is 37.3 Å². The van der Waals surface area contributed by atoms with Crippen LogP contribution < -0.4 is 0 Å². The molecule has 0 unspecified atom stereocenters. The molecular weight excluding hydrogens is 284 g/mol. The summed E-state index contributed by atoms with van der Waals surface area (Å²) in [7, 11) is 0. The standard InChI is InChI=1S/C21H28O2/c1-13(22)16-9-10-17-15-8-7-14-6-4-5-11-20(14,2)18(15)12-19(23)21(16,17)3/h4,6,8-9,14,17-19,23H,5,7,10-12H2,1-3H3/t14-,17+,18+,19-,20+,21-/m1/s1. The number of aliphatic hydroxyl groups is 1. The van der Waals surface area contributed by atoms with Crippen LogP contribution in [0.4, 0.5) is 0 Å². The Balaban J connectivity index is 1.77. The minimum absolute atomic E-state index is 0.133. The fourth-order valence-electron chi connectivity index (χ4n) is 6.19. The number of rotatable bonds is 1. The summed E-state index contributed by atoms with van der Waals surface area (Å²) < 4.78 is 0. The molecule has 1 fully saturated rings. The molecule has 0 aromatic heterocycles. The molecule has 0 spiro atoms. The van der Waals surface area contributed by atoms with E-state index in [2.05, 4.69) is 38.2 Å². The maximum Gasteiger partial charge on any atom is 0.156 e. The highest BCUT2D eigenvalue weighted by atomic mass is 16.3. The third-order valence-corrected chi connectivity index (χ3v) is 7.67. The van der Waals surface area contributed by atoms with E-state index >= 15 is 0 Å². The van der Waals surface area contributed by atoms with Crippen molar-refractivity contribution in [2.45, 2.75) is 59.0 Å². The van der Waals surface area contributed by atoms with E-state index in [-0.39, 0.29) is 16.6 Å². The second-order valence-electron chi connectivity index (χ2n) is 8.57. The summed E-state index contributed by atoms with van der Waals surface area (Å²) in [5.74, 6) is 1.54. The zero-order valence-corrected chi connectivity index (χ0v) is 14.5. The van der Waals surface area contributed by atoms with Crippen LogP contribution in [0.2, 0.25) is 0 Å². The molecule has 2 nitrogen and oxygen atoms in total. The monoisotopic (exact) mass is 312 g/mol. The van der Waals surface area contributed by atoms with Crippen molar-refractivity contribution in [1.29, 1.82) is 0 Å². The van der Waals surface area contributed by atoms with E-state index in [1.807, 2.05) is 0 Å². The zero-order chi connectivity index (χ0) is 16.4. The van der Waals surface area contributed by atoms with Gasteiger partial charge in [-0.15, -0.1) is 0 Å². The number of aliphatic hydroxyl groups excluding tert-OH is 1. The Labute approximate surface area is 139 Å². The number of allylic oxidation sites excluding steroid dienone is 5. The fourth-order valence-corrected chi connectivity index (χ4v) is 6.19. The lowest BCUT2D eigenvalue weighted by Crippen LogP contribution is -2.53. The average molecular weight is 312 g/mol. The molecule has 0 heterocycles. The molecule has 4 aliphatic rings. The van der Waals surface area contributed by atoms with Crippen molar-refractivity contribution >= 4 is 5.78 Å². The van der Waals surface area contributed by atoms with Crippen LogP contribution in [0.5, 0.6) is 0 Å². The van der Waals surface area contributed by atoms with Gasteiger partial charge in [0, 0.05) is 5.41 Å². The normalized spacial score (nSPS) is 48.0. The SMILES string of the molecule is CC(=O)C1=CC[C@H]2C3=CC[C@H]4C=CCC[C@]4(C)[C@H]3C[C@@H](O)[C@]12C. The summed E-state index contributed by atoms with van der Waals surface area (Å²) >= 11 is 0. The van der Waals surface area contributed by atoms with Gasteiger partial charge in [0.2, 0.25) is 0 Å². The minimum Gasteiger partial charge on any atom is -0.392 e. The van der Waals surface area contributed by atoms with Gasteiger partial charge in [0.25, 0.3) is 0 Å². The first-order valence-electron chi connectivity index (χ1n) is 9.15. The van der Waals surface area contributed by atoms with Gasteiger partial charge in [-0.25, -0.2) is 0 Å². The number of carbonyl (C=O) groups is 1. The molecule has 1 saturated carbocycles. The first-order valence-corrected chi connectivity index (χ1v) is 9.15. The Morgan fingerprint density at radius 3 is 2.74 bits per heavy atom. The first-order chi connectivity index (χ1) is 10.9. The van der Waals surface area contributed by atoms with Crippen LogP contribution in [-0.4, -0.2) is 17.0 Å². The van der Waals surface area contributed by atoms with Gasteiger partial charge < -0.3 is 5.11 Å². The van der Waals surface area contributed by atoms with Crippen LogP contribution in [0, 0.1) is 28.6 Å². The molecule has 0 radical (unpaired) electrons. The summed E-state index contributed by atoms with van der Waals surface area (Å²) in [5, 5.41) is 11.1. The van der Waals surface area contributed by atoms with Crippen LogP contribution in [-0.2, 0) is 4.79 Å². The second-order valence-corrected chi connectivity index (χ2v) is 8.57. The van der Waals surface area contributed by atoms with Crippen molar-refractivity contribution in [1.82, 2.24) is 0 Å². The van der Waals surface area contributed by atoms with Gasteiger partial charge in [-0.2, -0.15) is 0 Å². The third kappa shape index (κ3) is 1.88. The van der Waals surface area contributed by atoms with E-state index in [0.29, 0.717) is 17.8 Å². The molecule has 0 amide bonds. The first kappa shape index (κ1) is 15.4. The lowest BCUT2D eigenvalue weighted by Gasteiger charge is -2.57. The van der Waals surface area contributed by atoms with Gasteiger partial charge in [0.15, 0.2) is 5.78 Å². The van der Waals surface area contributed by atoms with E-state index in [9.17, 15) is 9.90 Å². The van der Waals surface area contributed by atoms with Gasteiger partial charge >= 0.3 is 0 Å². The van der Waals surface area contributed by atoms with E-state index in [1.165, 1.54) is 6.42 Å². The lowest BCUT2D eigenvalue weighted by molar-refractivity contribution is -0.117. The van der Waals surface area contributed by atoms with Gasteiger partial charge in [-0.3, -0.25) is 4.79 Å². The maximum absolute atomic E-state index is 12.1. The summed E-state index contributed by atoms with van der Waals surface area (Å²) in [6.07, 6.45) is 14.1. The van der Waals surface area contributed by atoms with Gasteiger partial charge in [0.05, 0.1) is 6.10 Å². The average Bonchev–Trinajstić information content (AvgIpc) is 2.87. The Morgan fingerprint density at radius 2 is 2.00 bits per heavy atom. The van der Waals surface area contributed by atoms with Crippen LogP contribution in [0.15, 0.2) is 35.5 Å². The number of carbonyl (C=O) groups excluding carboxylic acids is 1. The van der Waals surface area contributed by atoms with Crippen molar-refractivity contribution in [2.75, 3.05) is 0 Å². The van der Waals surface area contributed by atoms with Crippen molar-refractivity contribution in [3.05, 3.63) is 35.5 Å². The molecule has 124 valence electrons.